The zero-order valence-corrected chi connectivity index (χ0v) is 11.5. The molecule has 1 aromatic carbocycles. The molecule has 3 rings (SSSR count). The Morgan fingerprint density at radius 2 is 2.11 bits per heavy atom. The lowest BCUT2D eigenvalue weighted by molar-refractivity contribution is 0.165. The third-order valence-corrected chi connectivity index (χ3v) is 4.56. The summed E-state index contributed by atoms with van der Waals surface area (Å²) in [7, 11) is 0. The van der Waals surface area contributed by atoms with E-state index in [9.17, 15) is 5.26 Å². The normalized spacial score (nSPS) is 30.6. The van der Waals surface area contributed by atoms with E-state index in [0.717, 1.165) is 25.1 Å². The topological polar surface area (TPSA) is 39.1 Å². The van der Waals surface area contributed by atoms with E-state index in [1.54, 1.807) is 0 Å². The highest BCUT2D eigenvalue weighted by atomic mass is 15.2. The highest BCUT2D eigenvalue weighted by molar-refractivity contribution is 5.49. The van der Waals surface area contributed by atoms with Crippen LogP contribution in [-0.4, -0.2) is 29.6 Å². The molecule has 0 saturated carbocycles. The van der Waals surface area contributed by atoms with Crippen LogP contribution in [0.2, 0.25) is 0 Å². The molecule has 1 N–H and O–H groups in total. The summed E-state index contributed by atoms with van der Waals surface area (Å²) in [6, 6.07) is 11.5. The van der Waals surface area contributed by atoms with Crippen molar-refractivity contribution in [3.05, 3.63) is 29.8 Å². The Morgan fingerprint density at radius 3 is 2.84 bits per heavy atom. The number of anilines is 1. The lowest BCUT2D eigenvalue weighted by atomic mass is 9.84. The molecular formula is C16H21N3. The first-order chi connectivity index (χ1) is 9.21. The SMILES string of the molecule is Cc1ccc(NC2(C#N)CCN3CCCC3C2)cc1. The van der Waals surface area contributed by atoms with Crippen LogP contribution < -0.4 is 5.32 Å². The predicted octanol–water partition coefficient (Wildman–Crippen LogP) is 2.93. The summed E-state index contributed by atoms with van der Waals surface area (Å²) < 4.78 is 0. The minimum Gasteiger partial charge on any atom is -0.367 e. The van der Waals surface area contributed by atoms with E-state index in [1.165, 1.54) is 24.9 Å². The first kappa shape index (κ1) is 12.5. The van der Waals surface area contributed by atoms with Gasteiger partial charge in [-0.25, -0.2) is 0 Å². The molecule has 2 atom stereocenters. The first-order valence-corrected chi connectivity index (χ1v) is 7.21. The molecule has 0 radical (unpaired) electrons. The molecule has 0 amide bonds. The van der Waals surface area contributed by atoms with Crippen LogP contribution in [0.3, 0.4) is 0 Å². The number of nitriles is 1. The molecule has 3 nitrogen and oxygen atoms in total. The van der Waals surface area contributed by atoms with Crippen molar-refractivity contribution in [3.63, 3.8) is 0 Å². The second-order valence-corrected chi connectivity index (χ2v) is 5.97. The summed E-state index contributed by atoms with van der Waals surface area (Å²) in [4.78, 5) is 2.55. The van der Waals surface area contributed by atoms with Gasteiger partial charge in [-0.3, -0.25) is 0 Å². The largest absolute Gasteiger partial charge is 0.367 e. The van der Waals surface area contributed by atoms with Crippen LogP contribution in [0.5, 0.6) is 0 Å². The summed E-state index contributed by atoms with van der Waals surface area (Å²) in [5.41, 5.74) is 1.95. The van der Waals surface area contributed by atoms with Gasteiger partial charge in [-0.15, -0.1) is 0 Å². The van der Waals surface area contributed by atoms with E-state index in [4.69, 9.17) is 0 Å². The number of hydrogen-bond acceptors (Lipinski definition) is 3. The number of piperidine rings is 1. The molecule has 2 heterocycles. The third-order valence-electron chi connectivity index (χ3n) is 4.56. The van der Waals surface area contributed by atoms with Gasteiger partial charge >= 0.3 is 0 Å². The maximum absolute atomic E-state index is 9.65. The molecule has 1 aromatic rings. The van der Waals surface area contributed by atoms with Gasteiger partial charge in [0.25, 0.3) is 0 Å². The highest BCUT2D eigenvalue weighted by Gasteiger charge is 2.41. The Bertz CT molecular complexity index is 488. The van der Waals surface area contributed by atoms with Crippen LogP contribution in [0, 0.1) is 18.3 Å². The molecule has 2 aliphatic rings. The van der Waals surface area contributed by atoms with Gasteiger partial charge in [-0.05, 0) is 51.3 Å². The maximum Gasteiger partial charge on any atom is 0.128 e. The van der Waals surface area contributed by atoms with E-state index >= 15 is 0 Å². The molecule has 2 fully saturated rings. The fraction of sp³-hybridized carbons (Fsp3) is 0.562. The summed E-state index contributed by atoms with van der Waals surface area (Å²) in [5.74, 6) is 0. The molecule has 2 saturated heterocycles. The first-order valence-electron chi connectivity index (χ1n) is 7.21. The minimum atomic E-state index is -0.374. The molecule has 0 bridgehead atoms. The number of benzene rings is 1. The average Bonchev–Trinajstić information content (AvgIpc) is 2.88. The lowest BCUT2D eigenvalue weighted by Crippen LogP contribution is -2.51. The number of aryl methyl sites for hydroxylation is 1. The van der Waals surface area contributed by atoms with Crippen LogP contribution in [0.15, 0.2) is 24.3 Å². The zero-order valence-electron chi connectivity index (χ0n) is 11.5. The van der Waals surface area contributed by atoms with Crippen molar-refractivity contribution in [1.82, 2.24) is 4.90 Å². The Balaban J connectivity index is 1.76. The fourth-order valence-electron chi connectivity index (χ4n) is 3.42. The molecule has 2 aliphatic heterocycles. The smallest absolute Gasteiger partial charge is 0.128 e. The summed E-state index contributed by atoms with van der Waals surface area (Å²) in [5, 5.41) is 13.1. The fourth-order valence-corrected chi connectivity index (χ4v) is 3.42. The van der Waals surface area contributed by atoms with Crippen molar-refractivity contribution >= 4 is 5.69 Å². The van der Waals surface area contributed by atoms with Crippen molar-refractivity contribution < 1.29 is 0 Å². The number of hydrogen-bond donors (Lipinski definition) is 1. The van der Waals surface area contributed by atoms with Gasteiger partial charge in [0, 0.05) is 18.3 Å². The van der Waals surface area contributed by atoms with Gasteiger partial charge in [0.15, 0.2) is 0 Å². The lowest BCUT2D eigenvalue weighted by Gasteiger charge is -2.40. The molecule has 0 aliphatic carbocycles. The number of fused-ring (bicyclic) bond motifs is 1. The highest BCUT2D eigenvalue weighted by Crippen LogP contribution is 2.35. The maximum atomic E-state index is 9.65. The standard InChI is InChI=1S/C16H21N3/c1-13-4-6-14(7-5-13)18-16(12-17)8-10-19-9-2-3-15(19)11-16/h4-7,15,18H,2-3,8-11H2,1H3. The van der Waals surface area contributed by atoms with Crippen LogP contribution in [0.1, 0.15) is 31.2 Å². The number of nitrogens with one attached hydrogen (secondary N) is 1. The number of rotatable bonds is 2. The van der Waals surface area contributed by atoms with E-state index in [-0.39, 0.29) is 5.54 Å². The van der Waals surface area contributed by atoms with Gasteiger partial charge in [-0.1, -0.05) is 17.7 Å². The summed E-state index contributed by atoms with van der Waals surface area (Å²) in [6.45, 7) is 4.36. The zero-order chi connectivity index (χ0) is 13.3. The van der Waals surface area contributed by atoms with Gasteiger partial charge in [-0.2, -0.15) is 5.26 Å². The van der Waals surface area contributed by atoms with Crippen LogP contribution in [0.25, 0.3) is 0 Å². The Morgan fingerprint density at radius 1 is 1.32 bits per heavy atom. The summed E-state index contributed by atoms with van der Waals surface area (Å²) in [6.07, 6.45) is 4.42. The second kappa shape index (κ2) is 4.86. The molecular weight excluding hydrogens is 234 g/mol. The van der Waals surface area contributed by atoms with Crippen molar-refractivity contribution in [2.45, 2.75) is 44.2 Å². The quantitative estimate of drug-likeness (QED) is 0.883. The van der Waals surface area contributed by atoms with E-state index in [2.05, 4.69) is 47.5 Å². The van der Waals surface area contributed by atoms with Gasteiger partial charge in [0.2, 0.25) is 0 Å². The molecule has 100 valence electrons. The van der Waals surface area contributed by atoms with Gasteiger partial charge < -0.3 is 10.2 Å². The van der Waals surface area contributed by atoms with E-state index in [1.807, 2.05) is 0 Å². The van der Waals surface area contributed by atoms with Crippen LogP contribution in [0.4, 0.5) is 5.69 Å². The summed E-state index contributed by atoms with van der Waals surface area (Å²) >= 11 is 0. The molecule has 2 unspecified atom stereocenters. The molecule has 0 spiro atoms. The minimum absolute atomic E-state index is 0.374. The Labute approximate surface area is 115 Å². The molecule has 3 heteroatoms. The monoisotopic (exact) mass is 255 g/mol. The van der Waals surface area contributed by atoms with Crippen LogP contribution in [-0.2, 0) is 0 Å². The van der Waals surface area contributed by atoms with Crippen molar-refractivity contribution in [2.75, 3.05) is 18.4 Å². The Hall–Kier alpha value is -1.53. The predicted molar refractivity (Wildman–Crippen MR) is 77.0 cm³/mol. The molecule has 0 aromatic heterocycles. The van der Waals surface area contributed by atoms with Crippen molar-refractivity contribution in [3.8, 4) is 6.07 Å². The number of nitrogens with zero attached hydrogens (tertiary/aromatic N) is 2. The Kier molecular flexibility index (Phi) is 3.20. The van der Waals surface area contributed by atoms with Gasteiger partial charge in [0.1, 0.15) is 5.54 Å². The molecule has 19 heavy (non-hydrogen) atoms. The van der Waals surface area contributed by atoms with E-state index < -0.39 is 0 Å². The van der Waals surface area contributed by atoms with Crippen LogP contribution >= 0.6 is 0 Å². The second-order valence-electron chi connectivity index (χ2n) is 5.97. The van der Waals surface area contributed by atoms with E-state index in [0.29, 0.717) is 6.04 Å². The van der Waals surface area contributed by atoms with Crippen molar-refractivity contribution in [1.29, 1.82) is 5.26 Å². The average molecular weight is 255 g/mol. The van der Waals surface area contributed by atoms with Gasteiger partial charge in [0.05, 0.1) is 6.07 Å². The van der Waals surface area contributed by atoms with Crippen molar-refractivity contribution in [2.24, 2.45) is 0 Å². The third kappa shape index (κ3) is 2.46.